The molecule has 0 spiro atoms. The van der Waals surface area contributed by atoms with Gasteiger partial charge in [0.15, 0.2) is 5.89 Å². The van der Waals surface area contributed by atoms with Gasteiger partial charge in [-0.1, -0.05) is 41.1 Å². The van der Waals surface area contributed by atoms with Crippen molar-refractivity contribution in [3.05, 3.63) is 52.1 Å². The largest absolute Gasteiger partial charge is 0.445 e. The van der Waals surface area contributed by atoms with Crippen LogP contribution in [0, 0.1) is 0 Å². The third-order valence-electron chi connectivity index (χ3n) is 2.63. The topological polar surface area (TPSA) is 46.3 Å². The molecule has 1 atom stereocenters. The van der Waals surface area contributed by atoms with Gasteiger partial charge in [-0.25, -0.2) is 4.98 Å². The van der Waals surface area contributed by atoms with Crippen LogP contribution in [0.4, 0.5) is 0 Å². The van der Waals surface area contributed by atoms with E-state index in [2.05, 4.69) is 20.9 Å². The molecule has 1 N–H and O–H groups in total. The molecule has 0 fully saturated rings. The monoisotopic (exact) mass is 295 g/mol. The zero-order chi connectivity index (χ0) is 12.3. The second kappa shape index (κ2) is 5.47. The summed E-state index contributed by atoms with van der Waals surface area (Å²) in [4.78, 5) is 4.22. The van der Waals surface area contributed by atoms with Gasteiger partial charge in [0.25, 0.3) is 0 Å². The smallest absolute Gasteiger partial charge is 0.198 e. The predicted octanol–water partition coefficient (Wildman–Crippen LogP) is 3.12. The highest BCUT2D eigenvalue weighted by Crippen LogP contribution is 2.21. The van der Waals surface area contributed by atoms with Crippen LogP contribution < -0.4 is 0 Å². The van der Waals surface area contributed by atoms with Crippen LogP contribution >= 0.6 is 15.9 Å². The molecule has 4 heteroatoms. The van der Waals surface area contributed by atoms with Crippen LogP contribution in [-0.2, 0) is 6.42 Å². The summed E-state index contributed by atoms with van der Waals surface area (Å²) in [6.45, 7) is 1.98. The van der Waals surface area contributed by atoms with Gasteiger partial charge in [-0.2, -0.15) is 0 Å². The Balaban J connectivity index is 2.14. The molecule has 17 heavy (non-hydrogen) atoms. The van der Waals surface area contributed by atoms with E-state index < -0.39 is 0 Å². The van der Waals surface area contributed by atoms with Crippen molar-refractivity contribution in [2.75, 3.05) is 6.61 Å². The average molecular weight is 296 g/mol. The van der Waals surface area contributed by atoms with Gasteiger partial charge in [-0.3, -0.25) is 0 Å². The summed E-state index contributed by atoms with van der Waals surface area (Å²) in [6, 6.07) is 7.99. The fourth-order valence-electron chi connectivity index (χ4n) is 1.53. The van der Waals surface area contributed by atoms with E-state index >= 15 is 0 Å². The lowest BCUT2D eigenvalue weighted by Gasteiger charge is -2.02. The second-order valence-electron chi connectivity index (χ2n) is 4.01. The lowest BCUT2D eigenvalue weighted by Crippen LogP contribution is -1.96. The number of rotatable bonds is 4. The summed E-state index contributed by atoms with van der Waals surface area (Å²) in [5.41, 5.74) is 1.14. The van der Waals surface area contributed by atoms with E-state index in [1.807, 2.05) is 31.2 Å². The average Bonchev–Trinajstić information content (AvgIpc) is 2.80. The Morgan fingerprint density at radius 1 is 1.41 bits per heavy atom. The first kappa shape index (κ1) is 12.3. The van der Waals surface area contributed by atoms with Crippen molar-refractivity contribution in [3.8, 4) is 0 Å². The van der Waals surface area contributed by atoms with E-state index in [0.717, 1.165) is 15.8 Å². The number of hydrogen-bond acceptors (Lipinski definition) is 3. The molecular weight excluding hydrogens is 282 g/mol. The third-order valence-corrected chi connectivity index (χ3v) is 3.40. The molecule has 0 aliphatic carbocycles. The van der Waals surface area contributed by atoms with Crippen LogP contribution in [0.15, 0.2) is 39.4 Å². The summed E-state index contributed by atoms with van der Waals surface area (Å²) < 4.78 is 6.65. The van der Waals surface area contributed by atoms with Crippen molar-refractivity contribution in [3.63, 3.8) is 0 Å². The first-order chi connectivity index (χ1) is 8.20. The zero-order valence-electron chi connectivity index (χ0n) is 9.56. The summed E-state index contributed by atoms with van der Waals surface area (Å²) in [6.07, 6.45) is 2.34. The molecule has 0 amide bonds. The van der Waals surface area contributed by atoms with Gasteiger partial charge < -0.3 is 9.52 Å². The fraction of sp³-hybridized carbons (Fsp3) is 0.308. The van der Waals surface area contributed by atoms with Crippen molar-refractivity contribution in [1.29, 1.82) is 0 Å². The molecule has 0 radical (unpaired) electrons. The van der Waals surface area contributed by atoms with E-state index in [1.165, 1.54) is 0 Å². The fourth-order valence-corrected chi connectivity index (χ4v) is 1.95. The highest BCUT2D eigenvalue weighted by Gasteiger charge is 2.11. The van der Waals surface area contributed by atoms with Gasteiger partial charge in [0.2, 0.25) is 0 Å². The predicted molar refractivity (Wildman–Crippen MR) is 69.0 cm³/mol. The summed E-state index contributed by atoms with van der Waals surface area (Å²) in [7, 11) is 0. The SMILES string of the molecule is CC(CO)c1cnc(Cc2ccccc2Br)o1. The van der Waals surface area contributed by atoms with Gasteiger partial charge in [-0.15, -0.1) is 0 Å². The Morgan fingerprint density at radius 2 is 2.18 bits per heavy atom. The first-order valence-electron chi connectivity index (χ1n) is 5.49. The molecule has 0 bridgehead atoms. The molecule has 1 aromatic carbocycles. The number of hydrogen-bond donors (Lipinski definition) is 1. The van der Waals surface area contributed by atoms with Gasteiger partial charge in [-0.05, 0) is 11.6 Å². The molecule has 0 saturated heterocycles. The molecule has 2 aromatic rings. The Morgan fingerprint density at radius 3 is 2.88 bits per heavy atom. The van der Waals surface area contributed by atoms with Crippen LogP contribution in [0.3, 0.4) is 0 Å². The van der Waals surface area contributed by atoms with Gasteiger partial charge in [0.05, 0.1) is 19.2 Å². The van der Waals surface area contributed by atoms with E-state index in [4.69, 9.17) is 9.52 Å². The summed E-state index contributed by atoms with van der Waals surface area (Å²) in [5.74, 6) is 1.40. The molecule has 2 rings (SSSR count). The van der Waals surface area contributed by atoms with E-state index in [1.54, 1.807) is 6.20 Å². The van der Waals surface area contributed by atoms with Gasteiger partial charge >= 0.3 is 0 Å². The Hall–Kier alpha value is -1.13. The van der Waals surface area contributed by atoms with Crippen LogP contribution in [0.1, 0.15) is 30.1 Å². The van der Waals surface area contributed by atoms with Crippen LogP contribution in [-0.4, -0.2) is 16.7 Å². The molecule has 0 aliphatic rings. The minimum atomic E-state index is -0.00420. The van der Waals surface area contributed by atoms with Crippen molar-refractivity contribution >= 4 is 15.9 Å². The maximum absolute atomic E-state index is 9.04. The molecule has 1 heterocycles. The molecule has 90 valence electrons. The normalized spacial score (nSPS) is 12.6. The lowest BCUT2D eigenvalue weighted by molar-refractivity contribution is 0.255. The Kier molecular flexibility index (Phi) is 3.97. The first-order valence-corrected chi connectivity index (χ1v) is 6.29. The van der Waals surface area contributed by atoms with Crippen LogP contribution in [0.2, 0.25) is 0 Å². The number of nitrogens with zero attached hydrogens (tertiary/aromatic N) is 1. The minimum absolute atomic E-state index is 0.00420. The Bertz CT molecular complexity index is 496. The molecule has 1 aromatic heterocycles. The number of oxazole rings is 1. The quantitative estimate of drug-likeness (QED) is 0.943. The second-order valence-corrected chi connectivity index (χ2v) is 4.86. The number of halogens is 1. The van der Waals surface area contributed by atoms with Crippen LogP contribution in [0.25, 0.3) is 0 Å². The molecule has 3 nitrogen and oxygen atoms in total. The van der Waals surface area contributed by atoms with Crippen molar-refractivity contribution in [1.82, 2.24) is 4.98 Å². The van der Waals surface area contributed by atoms with Crippen molar-refractivity contribution < 1.29 is 9.52 Å². The molecule has 0 aliphatic heterocycles. The lowest BCUT2D eigenvalue weighted by atomic mass is 10.1. The number of aliphatic hydroxyl groups excluding tert-OH is 1. The van der Waals surface area contributed by atoms with Crippen molar-refractivity contribution in [2.24, 2.45) is 0 Å². The molecule has 1 unspecified atom stereocenters. The standard InChI is InChI=1S/C13H14BrNO2/c1-9(8-16)12-7-15-13(17-12)6-10-4-2-3-5-11(10)14/h2-5,7,9,16H,6,8H2,1H3. The minimum Gasteiger partial charge on any atom is -0.445 e. The van der Waals surface area contributed by atoms with E-state index in [0.29, 0.717) is 12.3 Å². The van der Waals surface area contributed by atoms with E-state index in [9.17, 15) is 0 Å². The highest BCUT2D eigenvalue weighted by atomic mass is 79.9. The van der Waals surface area contributed by atoms with Gasteiger partial charge in [0, 0.05) is 10.4 Å². The molecule has 0 saturated carbocycles. The summed E-state index contributed by atoms with van der Waals surface area (Å²) in [5, 5.41) is 9.04. The van der Waals surface area contributed by atoms with Crippen molar-refractivity contribution in [2.45, 2.75) is 19.3 Å². The number of aliphatic hydroxyl groups is 1. The third kappa shape index (κ3) is 2.96. The zero-order valence-corrected chi connectivity index (χ0v) is 11.1. The number of benzene rings is 1. The maximum atomic E-state index is 9.04. The number of aromatic nitrogens is 1. The summed E-state index contributed by atoms with van der Waals surface area (Å²) >= 11 is 3.49. The molecular formula is C13H14BrNO2. The van der Waals surface area contributed by atoms with Crippen LogP contribution in [0.5, 0.6) is 0 Å². The van der Waals surface area contributed by atoms with Gasteiger partial charge in [0.1, 0.15) is 5.76 Å². The Labute approximate surface area is 109 Å². The highest BCUT2D eigenvalue weighted by molar-refractivity contribution is 9.10. The maximum Gasteiger partial charge on any atom is 0.198 e. The van der Waals surface area contributed by atoms with E-state index in [-0.39, 0.29) is 12.5 Å².